The number of aryl methyl sites for hydroxylation is 2. The van der Waals surface area contributed by atoms with Crippen LogP contribution >= 0.6 is 12.4 Å². The van der Waals surface area contributed by atoms with Crippen molar-refractivity contribution in [3.8, 4) is 11.3 Å². The predicted octanol–water partition coefficient (Wildman–Crippen LogP) is 5.14. The molecule has 0 saturated carbocycles. The molecule has 0 atom stereocenters. The highest BCUT2D eigenvalue weighted by Crippen LogP contribution is 2.20. The third-order valence-electron chi connectivity index (χ3n) is 4.88. The van der Waals surface area contributed by atoms with Crippen molar-refractivity contribution in [3.05, 3.63) is 71.5 Å². The number of hydrogen-bond acceptors (Lipinski definition) is 4. The Morgan fingerprint density at radius 2 is 1.83 bits per heavy atom. The summed E-state index contributed by atoms with van der Waals surface area (Å²) in [7, 11) is 1.84. The Balaban J connectivity index is 0.00000300. The van der Waals surface area contributed by atoms with Gasteiger partial charge >= 0.3 is 0 Å². The van der Waals surface area contributed by atoms with Gasteiger partial charge in [0.15, 0.2) is 0 Å². The van der Waals surface area contributed by atoms with Crippen LogP contribution in [0.25, 0.3) is 11.3 Å². The fraction of sp³-hybridized carbons (Fsp3) is 0.304. The predicted molar refractivity (Wildman–Crippen MR) is 119 cm³/mol. The van der Waals surface area contributed by atoms with Gasteiger partial charge < -0.3 is 15.2 Å². The zero-order chi connectivity index (χ0) is 19.9. The maximum absolute atomic E-state index is 12.6. The summed E-state index contributed by atoms with van der Waals surface area (Å²) in [6.07, 6.45) is 3.83. The molecule has 3 rings (SSSR count). The average molecular weight is 414 g/mol. The van der Waals surface area contributed by atoms with Crippen molar-refractivity contribution in [1.29, 1.82) is 0 Å². The average Bonchev–Trinajstić information content (AvgIpc) is 3.18. The first-order valence-electron chi connectivity index (χ1n) is 9.67. The molecule has 1 aromatic heterocycles. The lowest BCUT2D eigenvalue weighted by Crippen LogP contribution is -2.28. The summed E-state index contributed by atoms with van der Waals surface area (Å²) in [5.74, 6) is 0.922. The second-order valence-corrected chi connectivity index (χ2v) is 7.16. The minimum absolute atomic E-state index is 0. The zero-order valence-electron chi connectivity index (χ0n) is 16.9. The molecule has 29 heavy (non-hydrogen) atoms. The maximum Gasteiger partial charge on any atom is 0.253 e. The Bertz CT molecular complexity index is 925. The number of halogens is 1. The summed E-state index contributed by atoms with van der Waals surface area (Å²) in [5, 5.41) is 4.15. The molecular formula is C23H28ClN3O2. The van der Waals surface area contributed by atoms with E-state index >= 15 is 0 Å². The highest BCUT2D eigenvalue weighted by Gasteiger charge is 2.14. The molecule has 6 heteroatoms. The van der Waals surface area contributed by atoms with Gasteiger partial charge in [0.2, 0.25) is 0 Å². The molecule has 0 spiro atoms. The number of aromatic nitrogens is 1. The van der Waals surface area contributed by atoms with Crippen molar-refractivity contribution >= 4 is 24.0 Å². The van der Waals surface area contributed by atoms with Gasteiger partial charge in [-0.3, -0.25) is 4.79 Å². The van der Waals surface area contributed by atoms with Gasteiger partial charge in [-0.1, -0.05) is 48.0 Å². The SMILES string of the molecule is Cc1ccc(N)cc1C(=O)N(C)CCCCCc1cc(-c2ccccc2)no1.Cl. The lowest BCUT2D eigenvalue weighted by molar-refractivity contribution is 0.0792. The Kier molecular flexibility index (Phi) is 8.28. The number of nitrogens with two attached hydrogens (primary N) is 1. The molecule has 2 aromatic carbocycles. The molecule has 0 aliphatic rings. The first-order chi connectivity index (χ1) is 13.5. The van der Waals surface area contributed by atoms with Gasteiger partial charge in [-0.05, 0) is 37.5 Å². The maximum atomic E-state index is 12.6. The largest absolute Gasteiger partial charge is 0.399 e. The summed E-state index contributed by atoms with van der Waals surface area (Å²) in [4.78, 5) is 14.4. The molecule has 0 aliphatic carbocycles. The van der Waals surface area contributed by atoms with Gasteiger partial charge in [0, 0.05) is 42.9 Å². The fourth-order valence-corrected chi connectivity index (χ4v) is 3.18. The van der Waals surface area contributed by atoms with Crippen LogP contribution in [0.15, 0.2) is 59.1 Å². The minimum atomic E-state index is 0. The minimum Gasteiger partial charge on any atom is -0.399 e. The van der Waals surface area contributed by atoms with Crippen molar-refractivity contribution in [2.24, 2.45) is 0 Å². The second kappa shape index (κ2) is 10.7. The van der Waals surface area contributed by atoms with Crippen LogP contribution in [-0.4, -0.2) is 29.6 Å². The molecule has 0 unspecified atom stereocenters. The first kappa shape index (κ1) is 22.5. The van der Waals surface area contributed by atoms with Crippen molar-refractivity contribution in [2.75, 3.05) is 19.3 Å². The van der Waals surface area contributed by atoms with Gasteiger partial charge in [-0.2, -0.15) is 0 Å². The Morgan fingerprint density at radius 3 is 2.59 bits per heavy atom. The number of carbonyl (C=O) groups excluding carboxylic acids is 1. The number of carbonyl (C=O) groups is 1. The monoisotopic (exact) mass is 413 g/mol. The van der Waals surface area contributed by atoms with Crippen molar-refractivity contribution in [3.63, 3.8) is 0 Å². The molecule has 0 saturated heterocycles. The number of hydrogen-bond donors (Lipinski definition) is 1. The molecule has 0 radical (unpaired) electrons. The van der Waals surface area contributed by atoms with Gasteiger partial charge in [-0.25, -0.2) is 0 Å². The van der Waals surface area contributed by atoms with Crippen LogP contribution in [0.2, 0.25) is 0 Å². The van der Waals surface area contributed by atoms with Crippen LogP contribution in [0.4, 0.5) is 5.69 Å². The van der Waals surface area contributed by atoms with Gasteiger partial charge in [0.05, 0.1) is 0 Å². The van der Waals surface area contributed by atoms with E-state index in [9.17, 15) is 4.79 Å². The number of amides is 1. The van der Waals surface area contributed by atoms with E-state index in [-0.39, 0.29) is 18.3 Å². The second-order valence-electron chi connectivity index (χ2n) is 7.16. The quantitative estimate of drug-likeness (QED) is 0.410. The summed E-state index contributed by atoms with van der Waals surface area (Å²) >= 11 is 0. The molecule has 154 valence electrons. The number of rotatable bonds is 8. The molecular weight excluding hydrogens is 386 g/mol. The standard InChI is InChI=1S/C23H27N3O2.ClH/c1-17-12-13-19(24)15-21(17)23(27)26(2)14-8-4-7-11-20-16-22(25-28-20)18-9-5-3-6-10-18;/h3,5-6,9-10,12-13,15-16H,4,7-8,11,14,24H2,1-2H3;1H. The number of nitrogen functional groups attached to an aromatic ring is 1. The molecule has 0 fully saturated rings. The molecule has 5 nitrogen and oxygen atoms in total. The molecule has 0 bridgehead atoms. The van der Waals surface area contributed by atoms with Gasteiger partial charge in [0.1, 0.15) is 11.5 Å². The third-order valence-corrected chi connectivity index (χ3v) is 4.88. The van der Waals surface area contributed by atoms with Crippen LogP contribution < -0.4 is 5.73 Å². The molecule has 2 N–H and O–H groups in total. The number of nitrogens with zero attached hydrogens (tertiary/aromatic N) is 2. The number of anilines is 1. The fourth-order valence-electron chi connectivity index (χ4n) is 3.18. The third kappa shape index (κ3) is 6.09. The normalized spacial score (nSPS) is 10.4. The van der Waals surface area contributed by atoms with E-state index in [1.807, 2.05) is 62.5 Å². The molecule has 1 heterocycles. The van der Waals surface area contributed by atoms with E-state index in [4.69, 9.17) is 10.3 Å². The molecule has 0 aliphatic heterocycles. The van der Waals surface area contributed by atoms with E-state index in [2.05, 4.69) is 5.16 Å². The van der Waals surface area contributed by atoms with Crippen LogP contribution in [0.3, 0.4) is 0 Å². The smallest absolute Gasteiger partial charge is 0.253 e. The number of benzene rings is 2. The Hall–Kier alpha value is -2.79. The van der Waals surface area contributed by atoms with E-state index < -0.39 is 0 Å². The summed E-state index contributed by atoms with van der Waals surface area (Å²) < 4.78 is 5.44. The van der Waals surface area contributed by atoms with Crippen molar-refractivity contribution in [2.45, 2.75) is 32.6 Å². The van der Waals surface area contributed by atoms with E-state index in [1.54, 1.807) is 11.0 Å². The highest BCUT2D eigenvalue weighted by atomic mass is 35.5. The summed E-state index contributed by atoms with van der Waals surface area (Å²) in [6.45, 7) is 2.65. The summed E-state index contributed by atoms with van der Waals surface area (Å²) in [5.41, 5.74) is 10.00. The molecule has 3 aromatic rings. The number of unbranched alkanes of at least 4 members (excludes halogenated alkanes) is 2. The van der Waals surface area contributed by atoms with Crippen LogP contribution in [0.1, 0.15) is 40.9 Å². The topological polar surface area (TPSA) is 72.4 Å². The Morgan fingerprint density at radius 1 is 1.07 bits per heavy atom. The highest BCUT2D eigenvalue weighted by molar-refractivity contribution is 5.96. The van der Waals surface area contributed by atoms with Crippen LogP contribution in [-0.2, 0) is 6.42 Å². The first-order valence-corrected chi connectivity index (χ1v) is 9.67. The van der Waals surface area contributed by atoms with E-state index in [0.29, 0.717) is 11.3 Å². The van der Waals surface area contributed by atoms with Gasteiger partial charge in [-0.15, -0.1) is 12.4 Å². The van der Waals surface area contributed by atoms with Crippen LogP contribution in [0.5, 0.6) is 0 Å². The lowest BCUT2D eigenvalue weighted by Gasteiger charge is -2.18. The van der Waals surface area contributed by atoms with Crippen molar-refractivity contribution < 1.29 is 9.32 Å². The Labute approximate surface area is 178 Å². The van der Waals surface area contributed by atoms with Crippen LogP contribution in [0, 0.1) is 6.92 Å². The van der Waals surface area contributed by atoms with E-state index in [0.717, 1.165) is 54.8 Å². The van der Waals surface area contributed by atoms with E-state index in [1.165, 1.54) is 0 Å². The lowest BCUT2D eigenvalue weighted by atomic mass is 10.1. The van der Waals surface area contributed by atoms with Gasteiger partial charge in [0.25, 0.3) is 5.91 Å². The summed E-state index contributed by atoms with van der Waals surface area (Å²) in [6, 6.07) is 17.5. The van der Waals surface area contributed by atoms with Crippen molar-refractivity contribution in [1.82, 2.24) is 10.1 Å². The zero-order valence-corrected chi connectivity index (χ0v) is 17.7. The molecule has 1 amide bonds.